The van der Waals surface area contributed by atoms with Gasteiger partial charge in [0.15, 0.2) is 11.4 Å². The zero-order valence-electron chi connectivity index (χ0n) is 18.9. The molecule has 1 aromatic heterocycles. The van der Waals surface area contributed by atoms with Gasteiger partial charge in [-0.25, -0.2) is 8.78 Å². The Morgan fingerprint density at radius 3 is 2.56 bits per heavy atom. The van der Waals surface area contributed by atoms with E-state index in [9.17, 15) is 33.4 Å². The van der Waals surface area contributed by atoms with Crippen LogP contribution in [0, 0.1) is 18.6 Å². The summed E-state index contributed by atoms with van der Waals surface area (Å²) in [5.74, 6) is -4.07. The van der Waals surface area contributed by atoms with Gasteiger partial charge < -0.3 is 25.0 Å². The number of hydrogen-bond donors (Lipinski definition) is 3. The van der Waals surface area contributed by atoms with Crippen molar-refractivity contribution in [3.8, 4) is 5.75 Å². The number of hydrogen-bond acceptors (Lipinski definition) is 5. The van der Waals surface area contributed by atoms with E-state index >= 15 is 0 Å². The van der Waals surface area contributed by atoms with Crippen molar-refractivity contribution in [3.05, 3.63) is 62.1 Å². The summed E-state index contributed by atoms with van der Waals surface area (Å²) in [6, 6.07) is 2.25. The van der Waals surface area contributed by atoms with Gasteiger partial charge in [-0.05, 0) is 50.8 Å². The van der Waals surface area contributed by atoms with Crippen molar-refractivity contribution in [2.24, 2.45) is 0 Å². The molecule has 2 atom stereocenters. The molecule has 180 valence electrons. The SMILES string of the molecule is Cc1cc(F)c(CNC(=O)c2c3n4c(c(O)c2=O)C(=O)N2CCCC[C@@]4(C2)C[C@]3(C)O)c(F)c1. The molecule has 3 aliphatic rings. The van der Waals surface area contributed by atoms with Gasteiger partial charge in [-0.3, -0.25) is 14.4 Å². The Morgan fingerprint density at radius 2 is 1.88 bits per heavy atom. The second-order valence-corrected chi connectivity index (χ2v) is 9.83. The third-order valence-electron chi connectivity index (χ3n) is 7.24. The van der Waals surface area contributed by atoms with E-state index < -0.39 is 57.9 Å². The summed E-state index contributed by atoms with van der Waals surface area (Å²) in [7, 11) is 0. The molecule has 5 rings (SSSR count). The lowest BCUT2D eigenvalue weighted by molar-refractivity contribution is 0.0254. The van der Waals surface area contributed by atoms with Crippen LogP contribution < -0.4 is 10.7 Å². The van der Waals surface area contributed by atoms with Crippen LogP contribution in [0.5, 0.6) is 5.75 Å². The van der Waals surface area contributed by atoms with E-state index in [1.165, 1.54) is 18.4 Å². The van der Waals surface area contributed by atoms with Gasteiger partial charge in [0.25, 0.3) is 11.8 Å². The molecule has 0 aliphatic carbocycles. The molecule has 3 aliphatic heterocycles. The number of nitrogens with one attached hydrogen (secondary N) is 1. The van der Waals surface area contributed by atoms with Gasteiger partial charge in [0.2, 0.25) is 5.43 Å². The first-order valence-electron chi connectivity index (χ1n) is 11.2. The lowest BCUT2D eigenvalue weighted by Gasteiger charge is -2.41. The molecule has 2 bridgehead atoms. The molecule has 1 aromatic carbocycles. The maximum Gasteiger partial charge on any atom is 0.274 e. The second kappa shape index (κ2) is 7.36. The second-order valence-electron chi connectivity index (χ2n) is 9.83. The standard InChI is InChI=1S/C24H25F2N3O5/c1-12-7-14(25)13(15(26)8-12)9-27-21(32)16-18(30)19(31)17-22(33)28-6-4-3-5-24(11-28)10-23(2,34)20(16)29(17)24/h7-8,31,34H,3-6,9-11H2,1-2H3,(H,27,32)/t23-,24-/m0/s1. The predicted octanol–water partition coefficient (Wildman–Crippen LogP) is 2.02. The van der Waals surface area contributed by atoms with E-state index in [-0.39, 0.29) is 23.4 Å². The highest BCUT2D eigenvalue weighted by atomic mass is 19.1. The summed E-state index contributed by atoms with van der Waals surface area (Å²) in [6.45, 7) is 3.22. The molecule has 8 nitrogen and oxygen atoms in total. The Kier molecular flexibility index (Phi) is 4.88. The highest BCUT2D eigenvalue weighted by molar-refractivity contribution is 6.01. The summed E-state index contributed by atoms with van der Waals surface area (Å²) < 4.78 is 30.0. The normalized spacial score (nSPS) is 25.2. The first-order chi connectivity index (χ1) is 16.0. The number of aromatic nitrogens is 1. The molecule has 34 heavy (non-hydrogen) atoms. The van der Waals surface area contributed by atoms with Crippen molar-refractivity contribution in [3.63, 3.8) is 0 Å². The zero-order valence-corrected chi connectivity index (χ0v) is 18.9. The average Bonchev–Trinajstić information content (AvgIpc) is 2.86. The Labute approximate surface area is 193 Å². The van der Waals surface area contributed by atoms with Gasteiger partial charge >= 0.3 is 0 Å². The highest BCUT2D eigenvalue weighted by Crippen LogP contribution is 2.51. The summed E-state index contributed by atoms with van der Waals surface area (Å²) in [6.07, 6.45) is 2.25. The predicted molar refractivity (Wildman–Crippen MR) is 117 cm³/mol. The van der Waals surface area contributed by atoms with Crippen molar-refractivity contribution in [1.29, 1.82) is 0 Å². The number of carbonyl (C=O) groups is 2. The smallest absolute Gasteiger partial charge is 0.274 e. The van der Waals surface area contributed by atoms with Crippen molar-refractivity contribution in [1.82, 2.24) is 14.8 Å². The van der Waals surface area contributed by atoms with E-state index in [1.54, 1.807) is 4.90 Å². The number of aromatic hydroxyl groups is 1. The third kappa shape index (κ3) is 3.08. The van der Waals surface area contributed by atoms with Crippen LogP contribution in [0.1, 0.15) is 70.3 Å². The number of nitrogens with zero attached hydrogens (tertiary/aromatic N) is 2. The molecule has 4 heterocycles. The third-order valence-corrected chi connectivity index (χ3v) is 7.24. The summed E-state index contributed by atoms with van der Waals surface area (Å²) >= 11 is 0. The number of fused-ring (bicyclic) bond motifs is 1. The quantitative estimate of drug-likeness (QED) is 0.632. The van der Waals surface area contributed by atoms with E-state index in [0.717, 1.165) is 25.0 Å². The maximum absolute atomic E-state index is 14.2. The first-order valence-corrected chi connectivity index (χ1v) is 11.2. The van der Waals surface area contributed by atoms with Crippen LogP contribution in [0.4, 0.5) is 8.78 Å². The topological polar surface area (TPSA) is 112 Å². The van der Waals surface area contributed by atoms with Crippen LogP contribution in [0.2, 0.25) is 0 Å². The minimum Gasteiger partial charge on any atom is -0.503 e. The lowest BCUT2D eigenvalue weighted by Crippen LogP contribution is -2.52. The minimum atomic E-state index is -1.64. The van der Waals surface area contributed by atoms with E-state index in [0.29, 0.717) is 25.1 Å². The maximum atomic E-state index is 14.2. The van der Waals surface area contributed by atoms with Crippen LogP contribution >= 0.6 is 0 Å². The number of carbonyl (C=O) groups excluding carboxylic acids is 2. The molecule has 10 heteroatoms. The Balaban J connectivity index is 1.64. The number of halogens is 2. The van der Waals surface area contributed by atoms with Crippen molar-refractivity contribution >= 4 is 11.8 Å². The van der Waals surface area contributed by atoms with Gasteiger partial charge in [-0.15, -0.1) is 0 Å². The van der Waals surface area contributed by atoms with E-state index in [4.69, 9.17) is 0 Å². The van der Waals surface area contributed by atoms with E-state index in [2.05, 4.69) is 5.32 Å². The summed E-state index contributed by atoms with van der Waals surface area (Å²) in [5, 5.41) is 24.5. The largest absolute Gasteiger partial charge is 0.503 e. The molecular weight excluding hydrogens is 448 g/mol. The fourth-order valence-electron chi connectivity index (χ4n) is 5.93. The molecule has 2 amide bonds. The molecular formula is C24H25F2N3O5. The monoisotopic (exact) mass is 473 g/mol. The Bertz CT molecular complexity index is 1300. The molecule has 3 N–H and O–H groups in total. The van der Waals surface area contributed by atoms with Crippen LogP contribution in [-0.4, -0.2) is 44.6 Å². The number of pyridine rings is 1. The first kappa shape index (κ1) is 22.5. The van der Waals surface area contributed by atoms with E-state index in [1.807, 2.05) is 0 Å². The molecule has 0 radical (unpaired) electrons. The summed E-state index contributed by atoms with van der Waals surface area (Å²) in [4.78, 5) is 41.0. The Hall–Kier alpha value is -3.27. The van der Waals surface area contributed by atoms with Crippen molar-refractivity contribution in [2.45, 2.75) is 57.2 Å². The molecule has 1 spiro atoms. The van der Waals surface area contributed by atoms with Gasteiger partial charge in [0, 0.05) is 31.6 Å². The van der Waals surface area contributed by atoms with Crippen LogP contribution in [0.25, 0.3) is 0 Å². The minimum absolute atomic E-state index is 0.0532. The number of rotatable bonds is 3. The molecule has 2 aromatic rings. The molecule has 1 saturated heterocycles. The van der Waals surface area contributed by atoms with Crippen molar-refractivity contribution in [2.75, 3.05) is 13.1 Å². The number of benzene rings is 1. The lowest BCUT2D eigenvalue weighted by atomic mass is 9.84. The Morgan fingerprint density at radius 1 is 1.21 bits per heavy atom. The van der Waals surface area contributed by atoms with Gasteiger partial charge in [0.05, 0.1) is 11.2 Å². The fourth-order valence-corrected chi connectivity index (χ4v) is 5.93. The molecule has 0 saturated carbocycles. The average molecular weight is 473 g/mol. The number of aliphatic hydroxyl groups is 1. The van der Waals surface area contributed by atoms with Crippen LogP contribution in [-0.2, 0) is 17.7 Å². The van der Waals surface area contributed by atoms with Crippen LogP contribution in [0.15, 0.2) is 16.9 Å². The van der Waals surface area contributed by atoms with Gasteiger partial charge in [-0.2, -0.15) is 0 Å². The van der Waals surface area contributed by atoms with Crippen LogP contribution in [0.3, 0.4) is 0 Å². The van der Waals surface area contributed by atoms with Crippen molar-refractivity contribution < 1.29 is 28.6 Å². The highest BCUT2D eigenvalue weighted by Gasteiger charge is 2.57. The van der Waals surface area contributed by atoms with Gasteiger partial charge in [-0.1, -0.05) is 0 Å². The number of amides is 2. The fraction of sp³-hybridized carbons (Fsp3) is 0.458. The molecule has 1 fully saturated rings. The zero-order chi connectivity index (χ0) is 24.6. The summed E-state index contributed by atoms with van der Waals surface area (Å²) in [5.41, 5.74) is -4.32. The number of aryl methyl sites for hydroxylation is 1. The van der Waals surface area contributed by atoms with Gasteiger partial charge in [0.1, 0.15) is 22.8 Å². The molecule has 0 unspecified atom stereocenters.